The SMILES string of the molecule is CCCS(=O)(=O)N1CCCCC1C(=O)NCCC1CCNC1.Cl. The maximum atomic E-state index is 12.4. The van der Waals surface area contributed by atoms with Crippen molar-refractivity contribution in [1.29, 1.82) is 0 Å². The van der Waals surface area contributed by atoms with Gasteiger partial charge in [-0.05, 0) is 51.1 Å². The first-order chi connectivity index (χ1) is 10.5. The number of nitrogens with zero attached hydrogens (tertiary/aromatic N) is 1. The lowest BCUT2D eigenvalue weighted by Gasteiger charge is -2.33. The van der Waals surface area contributed by atoms with Gasteiger partial charge in [0.15, 0.2) is 0 Å². The number of hydrogen-bond acceptors (Lipinski definition) is 4. The van der Waals surface area contributed by atoms with Gasteiger partial charge in [0.2, 0.25) is 15.9 Å². The van der Waals surface area contributed by atoms with Gasteiger partial charge in [-0.25, -0.2) is 8.42 Å². The van der Waals surface area contributed by atoms with Gasteiger partial charge in [-0.2, -0.15) is 4.31 Å². The first-order valence-electron chi connectivity index (χ1n) is 8.52. The predicted octanol–water partition coefficient (Wildman–Crippen LogP) is 1.12. The lowest BCUT2D eigenvalue weighted by Crippen LogP contribution is -2.52. The minimum absolute atomic E-state index is 0. The van der Waals surface area contributed by atoms with E-state index in [1.165, 1.54) is 4.31 Å². The normalized spacial score (nSPS) is 25.8. The Morgan fingerprint density at radius 3 is 2.74 bits per heavy atom. The minimum Gasteiger partial charge on any atom is -0.355 e. The van der Waals surface area contributed by atoms with Crippen LogP contribution < -0.4 is 10.6 Å². The van der Waals surface area contributed by atoms with Crippen LogP contribution in [0.3, 0.4) is 0 Å². The molecule has 0 aromatic carbocycles. The van der Waals surface area contributed by atoms with Crippen molar-refractivity contribution in [2.24, 2.45) is 5.92 Å². The smallest absolute Gasteiger partial charge is 0.238 e. The number of hydrogen-bond donors (Lipinski definition) is 2. The molecule has 2 fully saturated rings. The number of halogens is 1. The molecule has 0 aliphatic carbocycles. The Balaban J connectivity index is 0.00000264. The molecule has 0 spiro atoms. The fourth-order valence-corrected chi connectivity index (χ4v) is 5.10. The Morgan fingerprint density at radius 2 is 2.09 bits per heavy atom. The molecule has 0 radical (unpaired) electrons. The van der Waals surface area contributed by atoms with Crippen molar-refractivity contribution in [3.05, 3.63) is 0 Å². The molecule has 0 aromatic heterocycles. The highest BCUT2D eigenvalue weighted by Gasteiger charge is 2.35. The Morgan fingerprint density at radius 1 is 1.30 bits per heavy atom. The molecule has 136 valence electrons. The van der Waals surface area contributed by atoms with Gasteiger partial charge in [-0.3, -0.25) is 4.79 Å². The zero-order chi connectivity index (χ0) is 16.0. The van der Waals surface area contributed by atoms with Crippen LogP contribution in [-0.4, -0.2) is 56.6 Å². The molecular formula is C15H30ClN3O3S. The van der Waals surface area contributed by atoms with Crippen LogP contribution in [0.25, 0.3) is 0 Å². The van der Waals surface area contributed by atoms with E-state index in [1.807, 2.05) is 6.92 Å². The number of nitrogens with one attached hydrogen (secondary N) is 2. The first-order valence-corrected chi connectivity index (χ1v) is 10.1. The molecule has 1 amide bonds. The Hall–Kier alpha value is -0.370. The maximum absolute atomic E-state index is 12.4. The molecule has 2 atom stereocenters. The van der Waals surface area contributed by atoms with Gasteiger partial charge < -0.3 is 10.6 Å². The van der Waals surface area contributed by atoms with Crippen molar-refractivity contribution in [3.8, 4) is 0 Å². The molecule has 2 aliphatic rings. The second kappa shape index (κ2) is 9.81. The third-order valence-corrected chi connectivity index (χ3v) is 6.67. The van der Waals surface area contributed by atoms with Gasteiger partial charge in [0.25, 0.3) is 0 Å². The molecule has 2 saturated heterocycles. The van der Waals surface area contributed by atoms with Crippen LogP contribution >= 0.6 is 12.4 Å². The summed E-state index contributed by atoms with van der Waals surface area (Å²) in [4.78, 5) is 12.4. The number of carbonyl (C=O) groups is 1. The standard InChI is InChI=1S/C15H29N3O3S.ClH/c1-2-11-22(20,21)18-10-4-3-5-14(18)15(19)17-9-7-13-6-8-16-12-13;/h13-14,16H,2-12H2,1H3,(H,17,19);1H. The van der Waals surface area contributed by atoms with Crippen LogP contribution in [-0.2, 0) is 14.8 Å². The fraction of sp³-hybridized carbons (Fsp3) is 0.933. The predicted molar refractivity (Wildman–Crippen MR) is 94.3 cm³/mol. The summed E-state index contributed by atoms with van der Waals surface area (Å²) in [7, 11) is -3.31. The number of rotatable bonds is 7. The minimum atomic E-state index is -3.31. The summed E-state index contributed by atoms with van der Waals surface area (Å²) in [5, 5.41) is 6.27. The van der Waals surface area contributed by atoms with E-state index in [1.54, 1.807) is 0 Å². The number of piperidine rings is 1. The van der Waals surface area contributed by atoms with Crippen LogP contribution in [0.15, 0.2) is 0 Å². The van der Waals surface area contributed by atoms with Crippen molar-refractivity contribution in [2.75, 3.05) is 31.9 Å². The summed E-state index contributed by atoms with van der Waals surface area (Å²) in [5.74, 6) is 0.641. The molecule has 6 nitrogen and oxygen atoms in total. The molecule has 0 aromatic rings. The summed E-state index contributed by atoms with van der Waals surface area (Å²) in [5.41, 5.74) is 0. The summed E-state index contributed by atoms with van der Waals surface area (Å²) in [6.07, 6.45) is 5.12. The van der Waals surface area contributed by atoms with Gasteiger partial charge in [0.05, 0.1) is 5.75 Å². The van der Waals surface area contributed by atoms with Crippen molar-refractivity contribution in [1.82, 2.24) is 14.9 Å². The lowest BCUT2D eigenvalue weighted by atomic mass is 10.0. The zero-order valence-electron chi connectivity index (χ0n) is 13.9. The Kier molecular flexibility index (Phi) is 8.82. The summed E-state index contributed by atoms with van der Waals surface area (Å²) < 4.78 is 26.1. The summed E-state index contributed by atoms with van der Waals surface area (Å²) in [6, 6.07) is -0.507. The highest BCUT2D eigenvalue weighted by atomic mass is 35.5. The van der Waals surface area contributed by atoms with Crippen LogP contribution in [0.4, 0.5) is 0 Å². The molecule has 2 unspecified atom stereocenters. The zero-order valence-corrected chi connectivity index (χ0v) is 15.6. The molecular weight excluding hydrogens is 338 g/mol. The quantitative estimate of drug-likeness (QED) is 0.706. The molecule has 0 saturated carbocycles. The monoisotopic (exact) mass is 367 g/mol. The highest BCUT2D eigenvalue weighted by molar-refractivity contribution is 7.89. The molecule has 2 rings (SSSR count). The molecule has 0 bridgehead atoms. The van der Waals surface area contributed by atoms with Crippen molar-refractivity contribution in [2.45, 2.75) is 51.5 Å². The van der Waals surface area contributed by atoms with Crippen LogP contribution in [0, 0.1) is 5.92 Å². The van der Waals surface area contributed by atoms with Crippen LogP contribution in [0.1, 0.15) is 45.4 Å². The van der Waals surface area contributed by atoms with Gasteiger partial charge in [-0.15, -0.1) is 12.4 Å². The largest absolute Gasteiger partial charge is 0.355 e. The Bertz CT molecular complexity index is 467. The van der Waals surface area contributed by atoms with E-state index in [2.05, 4.69) is 10.6 Å². The van der Waals surface area contributed by atoms with Gasteiger partial charge in [0.1, 0.15) is 6.04 Å². The van der Waals surface area contributed by atoms with Crippen molar-refractivity contribution < 1.29 is 13.2 Å². The van der Waals surface area contributed by atoms with E-state index in [4.69, 9.17) is 0 Å². The topological polar surface area (TPSA) is 78.5 Å². The second-order valence-electron chi connectivity index (χ2n) is 6.38. The highest BCUT2D eigenvalue weighted by Crippen LogP contribution is 2.21. The lowest BCUT2D eigenvalue weighted by molar-refractivity contribution is -0.125. The van der Waals surface area contributed by atoms with E-state index in [0.29, 0.717) is 31.8 Å². The van der Waals surface area contributed by atoms with E-state index in [0.717, 1.165) is 38.8 Å². The van der Waals surface area contributed by atoms with E-state index in [-0.39, 0.29) is 24.1 Å². The summed E-state index contributed by atoms with van der Waals surface area (Å²) >= 11 is 0. The van der Waals surface area contributed by atoms with Gasteiger partial charge >= 0.3 is 0 Å². The fourth-order valence-electron chi connectivity index (χ4n) is 3.35. The molecule has 23 heavy (non-hydrogen) atoms. The van der Waals surface area contributed by atoms with Crippen molar-refractivity contribution >= 4 is 28.3 Å². The van der Waals surface area contributed by atoms with Gasteiger partial charge in [0, 0.05) is 13.1 Å². The average molecular weight is 368 g/mol. The molecule has 2 aliphatic heterocycles. The molecule has 2 heterocycles. The average Bonchev–Trinajstić information content (AvgIpc) is 3.00. The Labute approximate surface area is 146 Å². The van der Waals surface area contributed by atoms with Gasteiger partial charge in [-0.1, -0.05) is 13.3 Å². The van der Waals surface area contributed by atoms with Crippen LogP contribution in [0.2, 0.25) is 0 Å². The third-order valence-electron chi connectivity index (χ3n) is 4.59. The first kappa shape index (κ1) is 20.7. The van der Waals surface area contributed by atoms with Crippen molar-refractivity contribution in [3.63, 3.8) is 0 Å². The molecule has 8 heteroatoms. The number of sulfonamides is 1. The van der Waals surface area contributed by atoms with E-state index < -0.39 is 16.1 Å². The number of amides is 1. The third kappa shape index (κ3) is 5.89. The number of carbonyl (C=O) groups excluding carboxylic acids is 1. The maximum Gasteiger partial charge on any atom is 0.238 e. The van der Waals surface area contributed by atoms with E-state index in [9.17, 15) is 13.2 Å². The second-order valence-corrected chi connectivity index (χ2v) is 8.42. The van der Waals surface area contributed by atoms with Crippen LogP contribution in [0.5, 0.6) is 0 Å². The summed E-state index contributed by atoms with van der Waals surface area (Å²) in [6.45, 7) is 5.06. The van der Waals surface area contributed by atoms with E-state index >= 15 is 0 Å². The molecule has 2 N–H and O–H groups in total.